The number of nitrogens with one attached hydrogen (secondary N) is 1. The maximum Gasteiger partial charge on any atom is 0.249 e. The molecule has 1 aliphatic heterocycles. The van der Waals surface area contributed by atoms with Crippen LogP contribution in [0, 0.1) is 0 Å². The maximum atomic E-state index is 13.1. The molecule has 1 aliphatic rings. The van der Waals surface area contributed by atoms with E-state index in [0.29, 0.717) is 19.3 Å². The summed E-state index contributed by atoms with van der Waals surface area (Å²) >= 11 is 0. The molecule has 0 radical (unpaired) electrons. The van der Waals surface area contributed by atoms with Crippen LogP contribution in [0.1, 0.15) is 219 Å². The van der Waals surface area contributed by atoms with Gasteiger partial charge in [0, 0.05) is 0 Å². The van der Waals surface area contributed by atoms with Crippen molar-refractivity contribution in [2.75, 3.05) is 13.2 Å². The van der Waals surface area contributed by atoms with E-state index in [4.69, 9.17) is 9.47 Å². The van der Waals surface area contributed by atoms with E-state index in [9.17, 15) is 40.5 Å². The van der Waals surface area contributed by atoms with E-state index in [0.717, 1.165) is 57.8 Å². The summed E-state index contributed by atoms with van der Waals surface area (Å²) in [6.07, 6.45) is 29.6. The summed E-state index contributed by atoms with van der Waals surface area (Å²) in [5.41, 5.74) is 0. The first kappa shape index (κ1) is 55.9. The van der Waals surface area contributed by atoms with E-state index in [-0.39, 0.29) is 6.42 Å². The first-order valence-corrected chi connectivity index (χ1v) is 24.6. The average molecular weight is 844 g/mol. The first-order chi connectivity index (χ1) is 28.7. The van der Waals surface area contributed by atoms with Gasteiger partial charge in [0.1, 0.15) is 36.6 Å². The lowest BCUT2D eigenvalue weighted by molar-refractivity contribution is -0.303. The Labute approximate surface area is 360 Å². The average Bonchev–Trinajstić information content (AvgIpc) is 3.23. The lowest BCUT2D eigenvalue weighted by atomic mass is 9.98. The smallest absolute Gasteiger partial charge is 0.249 e. The van der Waals surface area contributed by atoms with Gasteiger partial charge in [-0.1, -0.05) is 193 Å². The third-order valence-corrected chi connectivity index (χ3v) is 12.1. The fourth-order valence-corrected chi connectivity index (χ4v) is 7.96. The molecule has 59 heavy (non-hydrogen) atoms. The molecule has 1 fully saturated rings. The van der Waals surface area contributed by atoms with Crippen molar-refractivity contribution < 1.29 is 50.0 Å². The lowest BCUT2D eigenvalue weighted by Gasteiger charge is -2.40. The van der Waals surface area contributed by atoms with Crippen molar-refractivity contribution in [3.05, 3.63) is 12.2 Å². The van der Waals surface area contributed by atoms with Gasteiger partial charge in [-0.05, 0) is 38.5 Å². The number of hydrogen-bond acceptors (Lipinski definition) is 10. The fraction of sp³-hybridized carbons (Fsp3) is 0.938. The number of aliphatic hydroxyl groups is 7. The maximum absolute atomic E-state index is 13.1. The number of unbranched alkanes of at least 4 members (excludes halogenated alkanes) is 27. The summed E-state index contributed by atoms with van der Waals surface area (Å²) in [5.74, 6) is -0.701. The molecule has 11 nitrogen and oxygen atoms in total. The SMILES string of the molecule is CCCCCC/C=C/CCCCCCCC[C@@H](O)C(=O)N[C@@H](CO[C@@H]1O[C@H](CO)[C@@H](O)[C@H](O)[C@H]1O)[C@H](O)[C@H](O)CCCCCCCCCCCCCCCCCCCC. The Morgan fingerprint density at radius 1 is 0.576 bits per heavy atom. The largest absolute Gasteiger partial charge is 0.394 e. The van der Waals surface area contributed by atoms with Crippen LogP contribution < -0.4 is 5.32 Å². The van der Waals surface area contributed by atoms with E-state index < -0.39 is 74.2 Å². The molecule has 0 aromatic heterocycles. The molecule has 0 aromatic rings. The highest BCUT2D eigenvalue weighted by Crippen LogP contribution is 2.23. The van der Waals surface area contributed by atoms with E-state index in [1.54, 1.807) is 0 Å². The van der Waals surface area contributed by atoms with Gasteiger partial charge >= 0.3 is 0 Å². The Hall–Kier alpha value is -1.15. The van der Waals surface area contributed by atoms with Gasteiger partial charge in [-0.25, -0.2) is 0 Å². The second-order valence-electron chi connectivity index (χ2n) is 17.5. The van der Waals surface area contributed by atoms with Crippen molar-refractivity contribution >= 4 is 5.91 Å². The summed E-state index contributed by atoms with van der Waals surface area (Å²) in [7, 11) is 0. The number of aliphatic hydroxyl groups excluding tert-OH is 7. The number of rotatable bonds is 41. The monoisotopic (exact) mass is 844 g/mol. The third-order valence-electron chi connectivity index (χ3n) is 12.1. The molecule has 0 unspecified atom stereocenters. The molecule has 0 spiro atoms. The van der Waals surface area contributed by atoms with Crippen LogP contribution in [0.2, 0.25) is 0 Å². The van der Waals surface area contributed by atoms with Gasteiger partial charge in [-0.15, -0.1) is 0 Å². The first-order valence-electron chi connectivity index (χ1n) is 24.6. The van der Waals surface area contributed by atoms with Crippen LogP contribution in [-0.4, -0.2) is 110 Å². The van der Waals surface area contributed by atoms with Gasteiger partial charge in [0.25, 0.3) is 0 Å². The zero-order valence-corrected chi connectivity index (χ0v) is 37.7. The number of amides is 1. The zero-order valence-electron chi connectivity index (χ0n) is 37.7. The fourth-order valence-electron chi connectivity index (χ4n) is 7.96. The van der Waals surface area contributed by atoms with Gasteiger partial charge < -0.3 is 50.5 Å². The van der Waals surface area contributed by atoms with Gasteiger partial charge in [-0.3, -0.25) is 4.79 Å². The van der Waals surface area contributed by atoms with E-state index >= 15 is 0 Å². The van der Waals surface area contributed by atoms with E-state index in [2.05, 4.69) is 31.3 Å². The van der Waals surface area contributed by atoms with Crippen LogP contribution in [-0.2, 0) is 14.3 Å². The summed E-state index contributed by atoms with van der Waals surface area (Å²) in [4.78, 5) is 13.1. The van der Waals surface area contributed by atoms with Gasteiger partial charge in [0.2, 0.25) is 5.91 Å². The summed E-state index contributed by atoms with van der Waals surface area (Å²) in [6.45, 7) is 3.44. The van der Waals surface area contributed by atoms with Crippen molar-refractivity contribution in [3.8, 4) is 0 Å². The summed E-state index contributed by atoms with van der Waals surface area (Å²) < 4.78 is 11.1. The lowest BCUT2D eigenvalue weighted by Crippen LogP contribution is -2.60. The Kier molecular flexibility index (Phi) is 36.5. The number of allylic oxidation sites excluding steroid dienone is 2. The predicted molar refractivity (Wildman–Crippen MR) is 238 cm³/mol. The van der Waals surface area contributed by atoms with Gasteiger partial charge in [-0.2, -0.15) is 0 Å². The summed E-state index contributed by atoms with van der Waals surface area (Å²) in [6, 6.07) is -1.17. The second kappa shape index (κ2) is 38.5. The molecule has 1 heterocycles. The Morgan fingerprint density at radius 2 is 0.983 bits per heavy atom. The Balaban J connectivity index is 2.42. The molecule has 0 bridgehead atoms. The van der Waals surface area contributed by atoms with Crippen LogP contribution in [0.4, 0.5) is 0 Å². The quantitative estimate of drug-likeness (QED) is 0.0219. The third kappa shape index (κ3) is 28.2. The highest BCUT2D eigenvalue weighted by atomic mass is 16.7. The van der Waals surface area contributed by atoms with Crippen LogP contribution >= 0.6 is 0 Å². The molecule has 9 atom stereocenters. The highest BCUT2D eigenvalue weighted by molar-refractivity contribution is 5.80. The second-order valence-corrected chi connectivity index (χ2v) is 17.5. The van der Waals surface area contributed by atoms with Gasteiger partial charge in [0.15, 0.2) is 6.29 Å². The van der Waals surface area contributed by atoms with Crippen LogP contribution in [0.25, 0.3) is 0 Å². The van der Waals surface area contributed by atoms with Crippen LogP contribution in [0.15, 0.2) is 12.2 Å². The van der Waals surface area contributed by atoms with E-state index in [1.165, 1.54) is 122 Å². The normalized spacial score (nSPS) is 21.8. The number of carbonyl (C=O) groups is 1. The molecule has 11 heteroatoms. The van der Waals surface area contributed by atoms with Crippen molar-refractivity contribution in [3.63, 3.8) is 0 Å². The number of carbonyl (C=O) groups excluding carboxylic acids is 1. The van der Waals surface area contributed by atoms with Crippen molar-refractivity contribution in [2.45, 2.75) is 274 Å². The molecule has 1 saturated heterocycles. The van der Waals surface area contributed by atoms with Crippen molar-refractivity contribution in [1.82, 2.24) is 5.32 Å². The van der Waals surface area contributed by atoms with Crippen LogP contribution in [0.3, 0.4) is 0 Å². The predicted octanol–water partition coefficient (Wildman–Crippen LogP) is 8.45. The molecule has 350 valence electrons. The minimum absolute atomic E-state index is 0.255. The summed E-state index contributed by atoms with van der Waals surface area (Å²) in [5, 5.41) is 75.8. The molecular weight excluding hydrogens is 751 g/mol. The van der Waals surface area contributed by atoms with Gasteiger partial charge in [0.05, 0.1) is 25.4 Å². The number of ether oxygens (including phenoxy) is 2. The van der Waals surface area contributed by atoms with Crippen molar-refractivity contribution in [1.29, 1.82) is 0 Å². The van der Waals surface area contributed by atoms with Crippen LogP contribution in [0.5, 0.6) is 0 Å². The van der Waals surface area contributed by atoms with E-state index in [1.807, 2.05) is 0 Å². The molecule has 1 amide bonds. The highest BCUT2D eigenvalue weighted by Gasteiger charge is 2.44. The minimum Gasteiger partial charge on any atom is -0.394 e. The van der Waals surface area contributed by atoms with Crippen molar-refractivity contribution in [2.24, 2.45) is 0 Å². The topological polar surface area (TPSA) is 189 Å². The molecule has 8 N–H and O–H groups in total. The molecule has 1 rings (SSSR count). The molecule has 0 aliphatic carbocycles. The standard InChI is InChI=1S/C48H93NO10/c1-3-5-7-9-11-13-15-17-19-20-21-22-24-25-27-29-31-33-35-40(51)43(53)39(38-58-48-46(56)45(55)44(54)42(37-50)59-48)49-47(57)41(52)36-34-32-30-28-26-23-18-16-14-12-10-8-6-4-2/h14,16,39-46,48,50-56H,3-13,15,17-38H2,1-2H3,(H,49,57)/b16-14+/t39-,40+,41+,42+,43-,44+,45-,46+,48+/m0/s1. The Bertz CT molecular complexity index is 970. The Morgan fingerprint density at radius 3 is 1.44 bits per heavy atom. The molecule has 0 saturated carbocycles. The molecular formula is C48H93NO10. The zero-order chi connectivity index (χ0) is 43.4. The molecule has 0 aromatic carbocycles. The number of hydrogen-bond donors (Lipinski definition) is 8. The minimum atomic E-state index is -1.66.